The Morgan fingerprint density at radius 3 is 2.73 bits per heavy atom. The molecule has 1 atom stereocenters. The van der Waals surface area contributed by atoms with Crippen molar-refractivity contribution in [2.75, 3.05) is 39.4 Å². The van der Waals surface area contributed by atoms with Crippen LogP contribution in [-0.2, 0) is 14.3 Å². The molecule has 1 unspecified atom stereocenters. The van der Waals surface area contributed by atoms with E-state index >= 15 is 0 Å². The minimum Gasteiger partial charge on any atom is -0.381 e. The number of likely N-dealkylation sites (tertiary alicyclic amines) is 1. The Labute approximate surface area is 132 Å². The Morgan fingerprint density at radius 1 is 1.36 bits per heavy atom. The highest BCUT2D eigenvalue weighted by molar-refractivity contribution is 5.85. The van der Waals surface area contributed by atoms with Gasteiger partial charge in [0.1, 0.15) is 0 Å². The van der Waals surface area contributed by atoms with E-state index in [2.05, 4.69) is 5.32 Å². The molecular weight excluding hydrogens is 282 g/mol. The Morgan fingerprint density at radius 2 is 2.09 bits per heavy atom. The van der Waals surface area contributed by atoms with Gasteiger partial charge < -0.3 is 20.7 Å². The SMILES string of the molecule is CCCNC(=O)C1CCCN(C(=O)C2(CN)CCOCC2)C1. The molecule has 0 saturated carbocycles. The molecule has 0 aromatic carbocycles. The first-order valence-electron chi connectivity index (χ1n) is 8.48. The first-order valence-corrected chi connectivity index (χ1v) is 8.48. The highest BCUT2D eigenvalue weighted by atomic mass is 16.5. The Hall–Kier alpha value is -1.14. The van der Waals surface area contributed by atoms with Crippen LogP contribution in [0, 0.1) is 11.3 Å². The Bertz CT molecular complexity index is 394. The van der Waals surface area contributed by atoms with Gasteiger partial charge in [-0.3, -0.25) is 9.59 Å². The number of piperidine rings is 1. The van der Waals surface area contributed by atoms with E-state index in [1.54, 1.807) is 0 Å². The summed E-state index contributed by atoms with van der Waals surface area (Å²) in [6, 6.07) is 0. The van der Waals surface area contributed by atoms with E-state index < -0.39 is 5.41 Å². The van der Waals surface area contributed by atoms with Gasteiger partial charge in [-0.05, 0) is 32.1 Å². The van der Waals surface area contributed by atoms with E-state index in [4.69, 9.17) is 10.5 Å². The number of hydrogen-bond acceptors (Lipinski definition) is 4. The lowest BCUT2D eigenvalue weighted by molar-refractivity contribution is -0.150. The molecule has 0 radical (unpaired) electrons. The van der Waals surface area contributed by atoms with Crippen LogP contribution < -0.4 is 11.1 Å². The highest BCUT2D eigenvalue weighted by Crippen LogP contribution is 2.33. The number of amides is 2. The predicted molar refractivity (Wildman–Crippen MR) is 84.1 cm³/mol. The molecule has 2 amide bonds. The van der Waals surface area contributed by atoms with E-state index in [-0.39, 0.29) is 17.7 Å². The zero-order valence-electron chi connectivity index (χ0n) is 13.6. The summed E-state index contributed by atoms with van der Waals surface area (Å²) in [5.41, 5.74) is 5.44. The van der Waals surface area contributed by atoms with Crippen LogP contribution in [0.5, 0.6) is 0 Å². The van der Waals surface area contributed by atoms with Gasteiger partial charge in [0.2, 0.25) is 11.8 Å². The third-order valence-corrected chi connectivity index (χ3v) is 4.92. The summed E-state index contributed by atoms with van der Waals surface area (Å²) in [6.45, 7) is 5.54. The van der Waals surface area contributed by atoms with Crippen LogP contribution in [0.4, 0.5) is 0 Å². The number of carbonyl (C=O) groups excluding carboxylic acids is 2. The van der Waals surface area contributed by atoms with Crippen LogP contribution in [0.2, 0.25) is 0 Å². The molecule has 0 aliphatic carbocycles. The van der Waals surface area contributed by atoms with Crippen molar-refractivity contribution in [1.29, 1.82) is 0 Å². The topological polar surface area (TPSA) is 84.7 Å². The second-order valence-corrected chi connectivity index (χ2v) is 6.48. The Balaban J connectivity index is 1.98. The number of hydrogen-bond donors (Lipinski definition) is 2. The predicted octanol–water partition coefficient (Wildman–Crippen LogP) is 0.507. The molecule has 2 aliphatic heterocycles. The quantitative estimate of drug-likeness (QED) is 0.774. The fourth-order valence-electron chi connectivity index (χ4n) is 3.37. The van der Waals surface area contributed by atoms with Crippen LogP contribution in [0.15, 0.2) is 0 Å². The molecule has 126 valence electrons. The lowest BCUT2D eigenvalue weighted by Gasteiger charge is -2.41. The van der Waals surface area contributed by atoms with Gasteiger partial charge in [-0.15, -0.1) is 0 Å². The molecule has 2 rings (SSSR count). The van der Waals surface area contributed by atoms with E-state index in [9.17, 15) is 9.59 Å². The maximum atomic E-state index is 12.9. The Kier molecular flexibility index (Phi) is 6.20. The molecule has 2 fully saturated rings. The number of rotatable bonds is 5. The lowest BCUT2D eigenvalue weighted by atomic mass is 9.78. The van der Waals surface area contributed by atoms with Crippen molar-refractivity contribution in [2.45, 2.75) is 39.0 Å². The summed E-state index contributed by atoms with van der Waals surface area (Å²) in [7, 11) is 0. The van der Waals surface area contributed by atoms with Crippen molar-refractivity contribution in [3.05, 3.63) is 0 Å². The fraction of sp³-hybridized carbons (Fsp3) is 0.875. The maximum Gasteiger partial charge on any atom is 0.230 e. The van der Waals surface area contributed by atoms with Crippen molar-refractivity contribution in [3.8, 4) is 0 Å². The van der Waals surface area contributed by atoms with Crippen LogP contribution in [0.3, 0.4) is 0 Å². The van der Waals surface area contributed by atoms with Crippen LogP contribution in [0.25, 0.3) is 0 Å². The van der Waals surface area contributed by atoms with Crippen LogP contribution >= 0.6 is 0 Å². The average molecular weight is 311 g/mol. The maximum absolute atomic E-state index is 12.9. The zero-order valence-corrected chi connectivity index (χ0v) is 13.6. The second-order valence-electron chi connectivity index (χ2n) is 6.48. The first kappa shape index (κ1) is 17.2. The van der Waals surface area contributed by atoms with Crippen molar-refractivity contribution >= 4 is 11.8 Å². The summed E-state index contributed by atoms with van der Waals surface area (Å²) < 4.78 is 5.38. The molecule has 6 heteroatoms. The second kappa shape index (κ2) is 7.92. The van der Waals surface area contributed by atoms with Gasteiger partial charge >= 0.3 is 0 Å². The standard InChI is InChI=1S/C16H29N3O3/c1-2-7-18-14(20)13-4-3-8-19(11-13)15(21)16(12-17)5-9-22-10-6-16/h13H,2-12,17H2,1H3,(H,18,20). The zero-order chi connectivity index (χ0) is 16.0. The molecule has 0 aromatic rings. The third-order valence-electron chi connectivity index (χ3n) is 4.92. The molecule has 6 nitrogen and oxygen atoms in total. The monoisotopic (exact) mass is 311 g/mol. The van der Waals surface area contributed by atoms with Gasteiger partial charge in [0.05, 0.1) is 11.3 Å². The molecule has 0 aromatic heterocycles. The van der Waals surface area contributed by atoms with Crippen molar-refractivity contribution in [2.24, 2.45) is 17.1 Å². The van der Waals surface area contributed by atoms with Crippen molar-refractivity contribution in [3.63, 3.8) is 0 Å². The number of nitrogens with two attached hydrogens (primary N) is 1. The molecule has 2 saturated heterocycles. The lowest BCUT2D eigenvalue weighted by Crippen LogP contribution is -2.54. The smallest absolute Gasteiger partial charge is 0.230 e. The number of ether oxygens (including phenoxy) is 1. The van der Waals surface area contributed by atoms with Gasteiger partial charge in [-0.2, -0.15) is 0 Å². The largest absolute Gasteiger partial charge is 0.381 e. The van der Waals surface area contributed by atoms with E-state index in [1.807, 2.05) is 11.8 Å². The number of nitrogens with zero attached hydrogens (tertiary/aromatic N) is 1. The molecular formula is C16H29N3O3. The third kappa shape index (κ3) is 3.79. The van der Waals surface area contributed by atoms with E-state index in [1.165, 1.54) is 0 Å². The molecule has 2 heterocycles. The van der Waals surface area contributed by atoms with Gasteiger partial charge in [0, 0.05) is 39.4 Å². The normalized spacial score (nSPS) is 24.8. The molecule has 3 N–H and O–H groups in total. The van der Waals surface area contributed by atoms with Gasteiger partial charge in [0.25, 0.3) is 0 Å². The van der Waals surface area contributed by atoms with Crippen LogP contribution in [-0.4, -0.2) is 56.1 Å². The van der Waals surface area contributed by atoms with Crippen molar-refractivity contribution < 1.29 is 14.3 Å². The van der Waals surface area contributed by atoms with Crippen LogP contribution in [0.1, 0.15) is 39.0 Å². The summed E-state index contributed by atoms with van der Waals surface area (Å²) in [4.78, 5) is 27.0. The summed E-state index contributed by atoms with van der Waals surface area (Å²) in [6.07, 6.45) is 4.04. The number of carbonyl (C=O) groups is 2. The van der Waals surface area contributed by atoms with Gasteiger partial charge in [-0.1, -0.05) is 6.92 Å². The summed E-state index contributed by atoms with van der Waals surface area (Å²) >= 11 is 0. The minimum atomic E-state index is -0.486. The molecule has 2 aliphatic rings. The number of nitrogens with one attached hydrogen (secondary N) is 1. The van der Waals surface area contributed by atoms with Crippen molar-refractivity contribution in [1.82, 2.24) is 10.2 Å². The first-order chi connectivity index (χ1) is 10.6. The van der Waals surface area contributed by atoms with Gasteiger partial charge in [0.15, 0.2) is 0 Å². The molecule has 0 spiro atoms. The average Bonchev–Trinajstić information content (AvgIpc) is 2.59. The fourth-order valence-corrected chi connectivity index (χ4v) is 3.37. The van der Waals surface area contributed by atoms with Gasteiger partial charge in [-0.25, -0.2) is 0 Å². The molecule has 22 heavy (non-hydrogen) atoms. The highest BCUT2D eigenvalue weighted by Gasteiger charge is 2.43. The summed E-state index contributed by atoms with van der Waals surface area (Å²) in [5.74, 6) is 0.110. The summed E-state index contributed by atoms with van der Waals surface area (Å²) in [5, 5.41) is 2.94. The molecule has 0 bridgehead atoms. The minimum absolute atomic E-state index is 0.0770. The van der Waals surface area contributed by atoms with E-state index in [0.29, 0.717) is 45.7 Å². The van der Waals surface area contributed by atoms with E-state index in [0.717, 1.165) is 25.8 Å².